The number of hydrogen-bond donors (Lipinski definition) is 1. The van der Waals surface area contributed by atoms with Crippen LogP contribution in [0.15, 0.2) is 29.2 Å². The lowest BCUT2D eigenvalue weighted by Gasteiger charge is -2.08. The number of rotatable bonds is 6. The number of hydrogen-bond acceptors (Lipinski definition) is 5. The van der Waals surface area contributed by atoms with Gasteiger partial charge in [-0.05, 0) is 26.0 Å². The van der Waals surface area contributed by atoms with Gasteiger partial charge in [0.25, 0.3) is 0 Å². The summed E-state index contributed by atoms with van der Waals surface area (Å²) in [7, 11) is 0. The Hall–Kier alpha value is -2.64. The number of esters is 1. The molecular weight excluding hydrogens is 288 g/mol. The molecule has 2 heterocycles. The Morgan fingerprint density at radius 2 is 2.14 bits per heavy atom. The number of amides is 1. The fourth-order valence-electron chi connectivity index (χ4n) is 1.89. The summed E-state index contributed by atoms with van der Waals surface area (Å²) in [6.45, 7) is 3.48. The van der Waals surface area contributed by atoms with Crippen molar-refractivity contribution in [3.05, 3.63) is 34.9 Å². The van der Waals surface area contributed by atoms with E-state index >= 15 is 0 Å². The number of nitrogens with one attached hydrogen (secondary N) is 1. The van der Waals surface area contributed by atoms with Gasteiger partial charge in [0.1, 0.15) is 6.54 Å². The highest BCUT2D eigenvalue weighted by Crippen LogP contribution is 1.95. The number of nitrogens with zero attached hydrogens (tertiary/aromatic N) is 3. The molecule has 0 saturated heterocycles. The molecule has 8 heteroatoms. The van der Waals surface area contributed by atoms with Crippen molar-refractivity contribution in [1.82, 2.24) is 19.5 Å². The standard InChI is InChI=1S/C14H18N4O4/c1-10(2)22-13(20)6-7-15-12(19)9-18-14(21)17-8-4-3-5-11(17)16-18/h3-5,8,10H,6-7,9H2,1-2H3,(H,15,19). The SMILES string of the molecule is CC(C)OC(=O)CCNC(=O)Cn1nc2ccccn2c1=O. The smallest absolute Gasteiger partial charge is 0.350 e. The predicted octanol–water partition coefficient (Wildman–Crippen LogP) is -0.0461. The number of pyridine rings is 1. The number of aromatic nitrogens is 3. The molecule has 1 N–H and O–H groups in total. The monoisotopic (exact) mass is 306 g/mol. The second-order valence-electron chi connectivity index (χ2n) is 5.01. The largest absolute Gasteiger partial charge is 0.463 e. The van der Waals surface area contributed by atoms with E-state index in [-0.39, 0.29) is 43.2 Å². The van der Waals surface area contributed by atoms with E-state index in [1.165, 1.54) is 4.40 Å². The topological polar surface area (TPSA) is 94.7 Å². The molecular formula is C14H18N4O4. The molecule has 0 aliphatic heterocycles. The van der Waals surface area contributed by atoms with E-state index < -0.39 is 0 Å². The van der Waals surface area contributed by atoms with Crippen LogP contribution in [0.1, 0.15) is 20.3 Å². The third-order valence-electron chi connectivity index (χ3n) is 2.80. The number of ether oxygens (including phenoxy) is 1. The second-order valence-corrected chi connectivity index (χ2v) is 5.01. The summed E-state index contributed by atoms with van der Waals surface area (Å²) in [5.41, 5.74) is 0.0887. The Kier molecular flexibility index (Phi) is 4.92. The molecule has 0 saturated carbocycles. The Morgan fingerprint density at radius 1 is 1.36 bits per heavy atom. The zero-order valence-electron chi connectivity index (χ0n) is 12.5. The molecule has 0 aliphatic rings. The quantitative estimate of drug-likeness (QED) is 0.755. The van der Waals surface area contributed by atoms with Crippen LogP contribution in [-0.4, -0.2) is 38.7 Å². The maximum atomic E-state index is 12.0. The highest BCUT2D eigenvalue weighted by Gasteiger charge is 2.11. The summed E-state index contributed by atoms with van der Waals surface area (Å²) in [4.78, 5) is 35.1. The molecule has 0 bridgehead atoms. The highest BCUT2D eigenvalue weighted by atomic mass is 16.5. The Labute approximate surface area is 126 Å². The molecule has 2 aromatic rings. The molecule has 0 aliphatic carbocycles. The minimum absolute atomic E-state index is 0.0873. The highest BCUT2D eigenvalue weighted by molar-refractivity contribution is 5.76. The molecule has 8 nitrogen and oxygen atoms in total. The van der Waals surface area contributed by atoms with Gasteiger partial charge < -0.3 is 10.1 Å². The summed E-state index contributed by atoms with van der Waals surface area (Å²) in [5, 5.41) is 6.61. The van der Waals surface area contributed by atoms with Crippen LogP contribution in [0.25, 0.3) is 5.65 Å². The van der Waals surface area contributed by atoms with Crippen molar-refractivity contribution in [2.45, 2.75) is 32.9 Å². The Balaban J connectivity index is 1.88. The van der Waals surface area contributed by atoms with E-state index in [4.69, 9.17) is 4.74 Å². The lowest BCUT2D eigenvalue weighted by Crippen LogP contribution is -2.34. The first-order chi connectivity index (χ1) is 10.5. The molecule has 0 atom stereocenters. The van der Waals surface area contributed by atoms with Gasteiger partial charge in [0, 0.05) is 12.7 Å². The summed E-state index contributed by atoms with van der Waals surface area (Å²) in [6.07, 6.45) is 1.49. The minimum atomic E-state index is -0.386. The minimum Gasteiger partial charge on any atom is -0.463 e. The molecule has 0 unspecified atom stereocenters. The maximum absolute atomic E-state index is 12.0. The van der Waals surface area contributed by atoms with Crippen LogP contribution in [0, 0.1) is 0 Å². The molecule has 22 heavy (non-hydrogen) atoms. The average Bonchev–Trinajstić information content (AvgIpc) is 2.75. The first-order valence-electron chi connectivity index (χ1n) is 6.98. The summed E-state index contributed by atoms with van der Waals surface area (Å²) in [5.74, 6) is -0.761. The van der Waals surface area contributed by atoms with Crippen LogP contribution in [0.4, 0.5) is 0 Å². The van der Waals surface area contributed by atoms with Gasteiger partial charge in [0.05, 0.1) is 12.5 Å². The summed E-state index contributed by atoms with van der Waals surface area (Å²) >= 11 is 0. The lowest BCUT2D eigenvalue weighted by molar-refractivity contribution is -0.147. The summed E-state index contributed by atoms with van der Waals surface area (Å²) < 4.78 is 7.38. The molecule has 0 radical (unpaired) electrons. The predicted molar refractivity (Wildman–Crippen MR) is 78.3 cm³/mol. The fourth-order valence-corrected chi connectivity index (χ4v) is 1.89. The fraction of sp³-hybridized carbons (Fsp3) is 0.429. The number of carbonyl (C=O) groups is 2. The lowest BCUT2D eigenvalue weighted by atomic mass is 10.4. The second kappa shape index (κ2) is 6.88. The van der Waals surface area contributed by atoms with Gasteiger partial charge in [-0.15, -0.1) is 5.10 Å². The van der Waals surface area contributed by atoms with E-state index in [1.807, 2.05) is 0 Å². The molecule has 118 valence electrons. The van der Waals surface area contributed by atoms with Gasteiger partial charge in [0.2, 0.25) is 5.91 Å². The molecule has 2 aromatic heterocycles. The number of fused-ring (bicyclic) bond motifs is 1. The van der Waals surface area contributed by atoms with E-state index in [0.717, 1.165) is 4.68 Å². The zero-order valence-corrected chi connectivity index (χ0v) is 12.5. The van der Waals surface area contributed by atoms with Crippen molar-refractivity contribution in [2.24, 2.45) is 0 Å². The van der Waals surface area contributed by atoms with Crippen molar-refractivity contribution in [3.63, 3.8) is 0 Å². The van der Waals surface area contributed by atoms with Crippen molar-refractivity contribution in [3.8, 4) is 0 Å². The van der Waals surface area contributed by atoms with E-state index in [9.17, 15) is 14.4 Å². The van der Waals surface area contributed by atoms with Gasteiger partial charge in [-0.2, -0.15) is 0 Å². The van der Waals surface area contributed by atoms with E-state index in [0.29, 0.717) is 5.65 Å². The van der Waals surface area contributed by atoms with Gasteiger partial charge in [0.15, 0.2) is 5.65 Å². The van der Waals surface area contributed by atoms with Gasteiger partial charge in [-0.3, -0.25) is 14.0 Å². The first kappa shape index (κ1) is 15.7. The first-order valence-corrected chi connectivity index (χ1v) is 6.98. The van der Waals surface area contributed by atoms with E-state index in [2.05, 4.69) is 10.4 Å². The summed E-state index contributed by atoms with van der Waals surface area (Å²) in [6, 6.07) is 5.14. The zero-order chi connectivity index (χ0) is 16.1. The van der Waals surface area contributed by atoms with Crippen LogP contribution in [-0.2, 0) is 20.9 Å². The van der Waals surface area contributed by atoms with Crippen LogP contribution in [0.3, 0.4) is 0 Å². The van der Waals surface area contributed by atoms with Crippen molar-refractivity contribution < 1.29 is 14.3 Å². The van der Waals surface area contributed by atoms with Crippen LogP contribution >= 0.6 is 0 Å². The Morgan fingerprint density at radius 3 is 2.82 bits per heavy atom. The molecule has 1 amide bonds. The van der Waals surface area contributed by atoms with Gasteiger partial charge >= 0.3 is 11.7 Å². The van der Waals surface area contributed by atoms with Crippen LogP contribution < -0.4 is 11.0 Å². The third-order valence-corrected chi connectivity index (χ3v) is 2.80. The van der Waals surface area contributed by atoms with Crippen molar-refractivity contribution in [2.75, 3.05) is 6.54 Å². The van der Waals surface area contributed by atoms with Crippen LogP contribution in [0.2, 0.25) is 0 Å². The number of carbonyl (C=O) groups excluding carboxylic acids is 2. The van der Waals surface area contributed by atoms with Gasteiger partial charge in [-0.1, -0.05) is 6.07 Å². The van der Waals surface area contributed by atoms with Crippen LogP contribution in [0.5, 0.6) is 0 Å². The van der Waals surface area contributed by atoms with Crippen molar-refractivity contribution in [1.29, 1.82) is 0 Å². The molecule has 0 spiro atoms. The normalized spacial score (nSPS) is 10.9. The van der Waals surface area contributed by atoms with Gasteiger partial charge in [-0.25, -0.2) is 9.48 Å². The molecule has 0 aromatic carbocycles. The van der Waals surface area contributed by atoms with Crippen molar-refractivity contribution >= 4 is 17.5 Å². The molecule has 2 rings (SSSR count). The van der Waals surface area contributed by atoms with E-state index in [1.54, 1.807) is 38.2 Å². The molecule has 0 fully saturated rings. The third kappa shape index (κ3) is 3.94. The average molecular weight is 306 g/mol. The maximum Gasteiger partial charge on any atom is 0.350 e. The Bertz CT molecular complexity index is 732.